The average Bonchev–Trinajstić information content (AvgIpc) is 2.86. The Hall–Kier alpha value is -2.36. The Morgan fingerprint density at radius 2 is 1.78 bits per heavy atom. The van der Waals surface area contributed by atoms with Crippen LogP contribution < -0.4 is 20.3 Å². The number of hydrogen-bond donors (Lipinski definition) is 2. The fourth-order valence-corrected chi connectivity index (χ4v) is 5.11. The summed E-state index contributed by atoms with van der Waals surface area (Å²) in [6.07, 6.45) is 0. The van der Waals surface area contributed by atoms with Gasteiger partial charge in [-0.15, -0.1) is 0 Å². The van der Waals surface area contributed by atoms with Gasteiger partial charge in [0.1, 0.15) is 5.75 Å². The zero-order chi connectivity index (χ0) is 25.7. The van der Waals surface area contributed by atoms with Crippen molar-refractivity contribution in [2.24, 2.45) is 0 Å². The first kappa shape index (κ1) is 26.7. The van der Waals surface area contributed by atoms with Crippen molar-refractivity contribution in [2.75, 3.05) is 43.5 Å². The van der Waals surface area contributed by atoms with Gasteiger partial charge in [0.2, 0.25) is 0 Å². The smallest absolute Gasteiger partial charge is 0.261 e. The zero-order valence-corrected chi connectivity index (χ0v) is 23.5. The van der Waals surface area contributed by atoms with Crippen molar-refractivity contribution in [1.29, 1.82) is 0 Å². The molecule has 6 nitrogen and oxygen atoms in total. The number of piperazine rings is 1. The highest BCUT2D eigenvalue weighted by Gasteiger charge is 2.20. The second-order valence-corrected chi connectivity index (χ2v) is 10.4. The molecule has 1 saturated heterocycles. The van der Waals surface area contributed by atoms with Crippen molar-refractivity contribution in [3.8, 4) is 5.75 Å². The molecule has 36 heavy (non-hydrogen) atoms. The highest BCUT2D eigenvalue weighted by Crippen LogP contribution is 2.30. The molecule has 10 heteroatoms. The quantitative estimate of drug-likeness (QED) is 0.325. The molecule has 1 aliphatic heterocycles. The first-order valence-electron chi connectivity index (χ1n) is 11.3. The van der Waals surface area contributed by atoms with E-state index in [0.717, 1.165) is 53.5 Å². The standard InChI is InChI=1S/C26H25BrCl2N4O2S/c1-35-24-9-6-18(27)14-20(24)25(34)31-26(36)30-19-7-8-23(22(29)15-19)33-12-10-32(11-13-33)16-17-4-2-3-5-21(17)28/h2-9,14-15H,10-13,16H2,1H3,(H2,30,31,34,36). The van der Waals surface area contributed by atoms with Gasteiger partial charge in [-0.3, -0.25) is 15.0 Å². The molecule has 188 valence electrons. The lowest BCUT2D eigenvalue weighted by Gasteiger charge is -2.36. The van der Waals surface area contributed by atoms with Crippen molar-refractivity contribution in [3.63, 3.8) is 0 Å². The summed E-state index contributed by atoms with van der Waals surface area (Å²) < 4.78 is 6.04. The van der Waals surface area contributed by atoms with Gasteiger partial charge in [-0.1, -0.05) is 57.3 Å². The second kappa shape index (κ2) is 12.3. The largest absolute Gasteiger partial charge is 0.496 e. The maximum absolute atomic E-state index is 12.7. The van der Waals surface area contributed by atoms with E-state index in [-0.39, 0.29) is 11.0 Å². The number of carbonyl (C=O) groups is 1. The summed E-state index contributed by atoms with van der Waals surface area (Å²) in [5.74, 6) is 0.0842. The van der Waals surface area contributed by atoms with Crippen molar-refractivity contribution in [2.45, 2.75) is 6.54 Å². The van der Waals surface area contributed by atoms with Crippen LogP contribution in [0.1, 0.15) is 15.9 Å². The molecule has 3 aromatic carbocycles. The molecule has 0 atom stereocenters. The van der Waals surface area contributed by atoms with Gasteiger partial charge in [-0.2, -0.15) is 0 Å². The van der Waals surface area contributed by atoms with Gasteiger partial charge in [0.25, 0.3) is 5.91 Å². The third kappa shape index (κ3) is 6.69. The van der Waals surface area contributed by atoms with E-state index in [0.29, 0.717) is 22.0 Å². The number of ether oxygens (including phenoxy) is 1. The summed E-state index contributed by atoms with van der Waals surface area (Å²) in [6, 6.07) is 18.8. The third-order valence-electron chi connectivity index (χ3n) is 5.90. The molecule has 0 bridgehead atoms. The Bertz CT molecular complexity index is 1270. The van der Waals surface area contributed by atoms with Crippen LogP contribution in [0.5, 0.6) is 5.75 Å². The third-order valence-corrected chi connectivity index (χ3v) is 7.27. The number of anilines is 2. The number of carbonyl (C=O) groups excluding carboxylic acids is 1. The molecule has 0 radical (unpaired) electrons. The highest BCUT2D eigenvalue weighted by atomic mass is 79.9. The van der Waals surface area contributed by atoms with Crippen molar-refractivity contribution >= 4 is 73.7 Å². The molecule has 0 saturated carbocycles. The van der Waals surface area contributed by atoms with Gasteiger partial charge in [0.15, 0.2) is 5.11 Å². The molecule has 4 rings (SSSR count). The van der Waals surface area contributed by atoms with Gasteiger partial charge in [0, 0.05) is 47.9 Å². The molecule has 0 aliphatic carbocycles. The van der Waals surface area contributed by atoms with Crippen molar-refractivity contribution < 1.29 is 9.53 Å². The maximum atomic E-state index is 12.7. The molecule has 0 unspecified atom stereocenters. The van der Waals surface area contributed by atoms with E-state index in [1.54, 1.807) is 18.2 Å². The van der Waals surface area contributed by atoms with Crippen LogP contribution in [0.4, 0.5) is 11.4 Å². The molecule has 0 aromatic heterocycles. The zero-order valence-electron chi connectivity index (χ0n) is 19.6. The van der Waals surface area contributed by atoms with Crippen LogP contribution >= 0.6 is 51.3 Å². The highest BCUT2D eigenvalue weighted by molar-refractivity contribution is 9.10. The topological polar surface area (TPSA) is 56.8 Å². The van der Waals surface area contributed by atoms with Crippen LogP contribution in [0.25, 0.3) is 0 Å². The van der Waals surface area contributed by atoms with Crippen LogP contribution in [0, 0.1) is 0 Å². The molecule has 1 heterocycles. The number of methoxy groups -OCH3 is 1. The Kier molecular flexibility index (Phi) is 9.09. The average molecular weight is 608 g/mol. The minimum absolute atomic E-state index is 0.166. The minimum Gasteiger partial charge on any atom is -0.496 e. The van der Waals surface area contributed by atoms with Gasteiger partial charge in [0.05, 0.1) is 23.4 Å². The number of hydrogen-bond acceptors (Lipinski definition) is 5. The first-order valence-corrected chi connectivity index (χ1v) is 13.3. The van der Waals surface area contributed by atoms with Crippen molar-refractivity contribution in [3.05, 3.63) is 86.3 Å². The fraction of sp³-hybridized carbons (Fsp3) is 0.231. The number of thiocarbonyl (C=S) groups is 1. The summed E-state index contributed by atoms with van der Waals surface area (Å²) in [5.41, 5.74) is 3.17. The Balaban J connectivity index is 1.33. The van der Waals surface area contributed by atoms with Gasteiger partial charge in [-0.25, -0.2) is 0 Å². The van der Waals surface area contributed by atoms with E-state index in [4.69, 9.17) is 40.2 Å². The summed E-state index contributed by atoms with van der Waals surface area (Å²) in [5, 5.41) is 7.29. The molecule has 1 amide bonds. The van der Waals surface area contributed by atoms with Gasteiger partial charge < -0.3 is 15.0 Å². The normalized spacial score (nSPS) is 13.8. The molecular weight excluding hydrogens is 583 g/mol. The van der Waals surface area contributed by atoms with E-state index in [2.05, 4.69) is 42.4 Å². The molecule has 3 aromatic rings. The lowest BCUT2D eigenvalue weighted by atomic mass is 10.2. The van der Waals surface area contributed by atoms with E-state index < -0.39 is 0 Å². The number of benzene rings is 3. The van der Waals surface area contributed by atoms with Crippen LogP contribution in [0.15, 0.2) is 65.1 Å². The van der Waals surface area contributed by atoms with Gasteiger partial charge >= 0.3 is 0 Å². The fourth-order valence-electron chi connectivity index (χ4n) is 4.05. The second-order valence-electron chi connectivity index (χ2n) is 8.27. The minimum atomic E-state index is -0.372. The molecular formula is C26H25BrCl2N4O2S. The van der Waals surface area contributed by atoms with Crippen LogP contribution in [0.2, 0.25) is 10.0 Å². The van der Waals surface area contributed by atoms with Crippen molar-refractivity contribution in [1.82, 2.24) is 10.2 Å². The predicted octanol–water partition coefficient (Wildman–Crippen LogP) is 6.21. The first-order chi connectivity index (χ1) is 17.3. The molecule has 1 fully saturated rings. The summed E-state index contributed by atoms with van der Waals surface area (Å²) in [4.78, 5) is 17.3. The molecule has 0 spiro atoms. The molecule has 1 aliphatic rings. The van der Waals surface area contributed by atoms with Crippen LogP contribution in [-0.2, 0) is 6.54 Å². The monoisotopic (exact) mass is 606 g/mol. The Morgan fingerprint density at radius 1 is 1.03 bits per heavy atom. The number of rotatable bonds is 6. The van der Waals surface area contributed by atoms with Crippen LogP contribution in [0.3, 0.4) is 0 Å². The predicted molar refractivity (Wildman–Crippen MR) is 155 cm³/mol. The lowest BCUT2D eigenvalue weighted by molar-refractivity contribution is 0.0974. The number of nitrogens with zero attached hydrogens (tertiary/aromatic N) is 2. The van der Waals surface area contributed by atoms with E-state index >= 15 is 0 Å². The number of nitrogens with one attached hydrogen (secondary N) is 2. The SMILES string of the molecule is COc1ccc(Br)cc1C(=O)NC(=S)Nc1ccc(N2CCN(Cc3ccccc3Cl)CC2)c(Cl)c1. The van der Waals surface area contributed by atoms with E-state index in [9.17, 15) is 4.79 Å². The lowest BCUT2D eigenvalue weighted by Crippen LogP contribution is -2.46. The molecule has 2 N–H and O–H groups in total. The van der Waals surface area contributed by atoms with Crippen LogP contribution in [-0.4, -0.2) is 49.2 Å². The van der Waals surface area contributed by atoms with E-state index in [1.807, 2.05) is 36.4 Å². The maximum Gasteiger partial charge on any atom is 0.261 e. The Labute approximate surface area is 234 Å². The van der Waals surface area contributed by atoms with Gasteiger partial charge in [-0.05, 0) is 60.2 Å². The number of amides is 1. The summed E-state index contributed by atoms with van der Waals surface area (Å²) >= 11 is 21.7. The Morgan fingerprint density at radius 3 is 2.47 bits per heavy atom. The summed E-state index contributed by atoms with van der Waals surface area (Å²) in [7, 11) is 1.51. The van der Waals surface area contributed by atoms with E-state index in [1.165, 1.54) is 7.11 Å². The number of halogens is 3. The summed E-state index contributed by atoms with van der Waals surface area (Å²) in [6.45, 7) is 4.38.